The van der Waals surface area contributed by atoms with Gasteiger partial charge in [-0.3, -0.25) is 9.59 Å². The van der Waals surface area contributed by atoms with E-state index < -0.39 is 6.04 Å². The SMILES string of the molecule is O=C(Nc1ccc(I)cc1)[C@H]1Cc2ccccc2CN1C(=O)c1ccco1. The summed E-state index contributed by atoms with van der Waals surface area (Å²) in [5.74, 6) is -0.246. The normalized spacial score (nSPS) is 15.9. The Labute approximate surface area is 170 Å². The highest BCUT2D eigenvalue weighted by Crippen LogP contribution is 2.26. The molecule has 136 valence electrons. The lowest BCUT2D eigenvalue weighted by Crippen LogP contribution is -2.50. The molecule has 2 amide bonds. The van der Waals surface area contributed by atoms with Crippen LogP contribution in [-0.2, 0) is 17.8 Å². The number of furan rings is 1. The second kappa shape index (κ2) is 7.56. The average molecular weight is 472 g/mol. The molecule has 0 unspecified atom stereocenters. The third kappa shape index (κ3) is 3.75. The number of hydrogen-bond donors (Lipinski definition) is 1. The first-order chi connectivity index (χ1) is 13.1. The van der Waals surface area contributed by atoms with Gasteiger partial charge in [0, 0.05) is 22.2 Å². The van der Waals surface area contributed by atoms with E-state index in [4.69, 9.17) is 4.42 Å². The first kappa shape index (κ1) is 17.8. The third-order valence-electron chi connectivity index (χ3n) is 4.66. The standard InChI is InChI=1S/C21H17IN2O3/c22-16-7-9-17(10-8-16)23-20(25)18-12-14-4-1-2-5-15(14)13-24(18)21(26)19-6-3-11-27-19/h1-11,18H,12-13H2,(H,23,25)/t18-/m1/s1. The Morgan fingerprint density at radius 3 is 2.44 bits per heavy atom. The minimum absolute atomic E-state index is 0.203. The predicted octanol–water partition coefficient (Wildman–Crippen LogP) is 4.09. The monoisotopic (exact) mass is 472 g/mol. The molecule has 5 nitrogen and oxygen atoms in total. The fourth-order valence-corrected chi connectivity index (χ4v) is 3.63. The molecule has 1 aromatic heterocycles. The number of carbonyl (C=O) groups excluding carboxylic acids is 2. The van der Waals surface area contributed by atoms with E-state index in [-0.39, 0.29) is 17.6 Å². The molecule has 3 aromatic rings. The highest BCUT2D eigenvalue weighted by atomic mass is 127. The van der Waals surface area contributed by atoms with Crippen LogP contribution in [0.2, 0.25) is 0 Å². The maximum atomic E-state index is 13.0. The van der Waals surface area contributed by atoms with Gasteiger partial charge in [-0.25, -0.2) is 0 Å². The second-order valence-electron chi connectivity index (χ2n) is 6.40. The van der Waals surface area contributed by atoms with E-state index in [1.807, 2.05) is 48.5 Å². The van der Waals surface area contributed by atoms with Crippen molar-refractivity contribution in [2.75, 3.05) is 5.32 Å². The molecule has 2 aromatic carbocycles. The highest BCUT2D eigenvalue weighted by Gasteiger charge is 2.35. The Morgan fingerprint density at radius 2 is 1.74 bits per heavy atom. The van der Waals surface area contributed by atoms with Gasteiger partial charge < -0.3 is 14.6 Å². The molecule has 0 saturated heterocycles. The zero-order valence-electron chi connectivity index (χ0n) is 14.4. The quantitative estimate of drug-likeness (QED) is 0.585. The predicted molar refractivity (Wildman–Crippen MR) is 110 cm³/mol. The van der Waals surface area contributed by atoms with Crippen molar-refractivity contribution in [3.05, 3.63) is 87.4 Å². The van der Waals surface area contributed by atoms with Gasteiger partial charge in [0.1, 0.15) is 6.04 Å². The van der Waals surface area contributed by atoms with E-state index in [0.717, 1.165) is 14.7 Å². The average Bonchev–Trinajstić information content (AvgIpc) is 3.23. The highest BCUT2D eigenvalue weighted by molar-refractivity contribution is 14.1. The molecule has 0 bridgehead atoms. The van der Waals surface area contributed by atoms with Crippen molar-refractivity contribution < 1.29 is 14.0 Å². The second-order valence-corrected chi connectivity index (χ2v) is 7.64. The van der Waals surface area contributed by atoms with Gasteiger partial charge in [0.05, 0.1) is 6.26 Å². The van der Waals surface area contributed by atoms with Crippen LogP contribution < -0.4 is 5.32 Å². The maximum Gasteiger partial charge on any atom is 0.290 e. The third-order valence-corrected chi connectivity index (χ3v) is 5.37. The summed E-state index contributed by atoms with van der Waals surface area (Å²) < 4.78 is 6.36. The van der Waals surface area contributed by atoms with Crippen LogP contribution in [0.15, 0.2) is 71.3 Å². The van der Waals surface area contributed by atoms with Crippen LogP contribution in [0.3, 0.4) is 0 Å². The molecule has 0 spiro atoms. The minimum atomic E-state index is -0.600. The van der Waals surface area contributed by atoms with Gasteiger partial charge in [-0.2, -0.15) is 0 Å². The zero-order valence-corrected chi connectivity index (χ0v) is 16.5. The lowest BCUT2D eigenvalue weighted by Gasteiger charge is -2.35. The Kier molecular flexibility index (Phi) is 4.98. The smallest absolute Gasteiger partial charge is 0.290 e. The van der Waals surface area contributed by atoms with Gasteiger partial charge in [0.25, 0.3) is 5.91 Å². The van der Waals surface area contributed by atoms with Crippen molar-refractivity contribution in [2.45, 2.75) is 19.0 Å². The molecule has 4 rings (SSSR count). The number of fused-ring (bicyclic) bond motifs is 1. The first-order valence-corrected chi connectivity index (χ1v) is 9.67. The van der Waals surface area contributed by atoms with Crippen LogP contribution in [0.4, 0.5) is 5.69 Å². The van der Waals surface area contributed by atoms with Gasteiger partial charge in [-0.05, 0) is 70.1 Å². The molecule has 1 aliphatic heterocycles. The van der Waals surface area contributed by atoms with Crippen molar-refractivity contribution in [3.8, 4) is 0 Å². The molecule has 6 heteroatoms. The topological polar surface area (TPSA) is 62.6 Å². The molecule has 1 aliphatic rings. The van der Waals surface area contributed by atoms with E-state index in [1.54, 1.807) is 17.0 Å². The Balaban J connectivity index is 1.63. The van der Waals surface area contributed by atoms with Crippen molar-refractivity contribution in [1.29, 1.82) is 0 Å². The van der Waals surface area contributed by atoms with E-state index >= 15 is 0 Å². The summed E-state index contributed by atoms with van der Waals surface area (Å²) in [4.78, 5) is 27.5. The molecule has 27 heavy (non-hydrogen) atoms. The number of nitrogens with one attached hydrogen (secondary N) is 1. The number of amides is 2. The summed E-state index contributed by atoms with van der Waals surface area (Å²) in [6.45, 7) is 0.375. The van der Waals surface area contributed by atoms with Crippen molar-refractivity contribution >= 4 is 40.1 Å². The van der Waals surface area contributed by atoms with E-state index in [2.05, 4.69) is 27.9 Å². The summed E-state index contributed by atoms with van der Waals surface area (Å²) in [5, 5.41) is 2.93. The maximum absolute atomic E-state index is 13.0. The Hall–Kier alpha value is -2.61. The summed E-state index contributed by atoms with van der Waals surface area (Å²) in [6.07, 6.45) is 1.94. The molecule has 0 saturated carbocycles. The minimum Gasteiger partial charge on any atom is -0.459 e. The molecule has 1 atom stereocenters. The number of rotatable bonds is 3. The van der Waals surface area contributed by atoms with Crippen molar-refractivity contribution in [3.63, 3.8) is 0 Å². The van der Waals surface area contributed by atoms with Crippen molar-refractivity contribution in [2.24, 2.45) is 0 Å². The van der Waals surface area contributed by atoms with Crippen LogP contribution in [-0.4, -0.2) is 22.8 Å². The number of hydrogen-bond acceptors (Lipinski definition) is 3. The zero-order chi connectivity index (χ0) is 18.8. The number of carbonyl (C=O) groups is 2. The van der Waals surface area contributed by atoms with E-state index in [0.29, 0.717) is 18.7 Å². The molecule has 2 heterocycles. The lowest BCUT2D eigenvalue weighted by molar-refractivity contribution is -0.121. The van der Waals surface area contributed by atoms with Crippen molar-refractivity contribution in [1.82, 2.24) is 4.90 Å². The fraction of sp³-hybridized carbons (Fsp3) is 0.143. The first-order valence-electron chi connectivity index (χ1n) is 8.59. The van der Waals surface area contributed by atoms with Crippen LogP contribution in [0, 0.1) is 3.57 Å². The summed E-state index contributed by atoms with van der Waals surface area (Å²) in [7, 11) is 0. The van der Waals surface area contributed by atoms with Crippen LogP contribution in [0.1, 0.15) is 21.7 Å². The number of nitrogens with zero attached hydrogens (tertiary/aromatic N) is 1. The van der Waals surface area contributed by atoms with Gasteiger partial charge in [-0.1, -0.05) is 24.3 Å². The molecule has 0 fully saturated rings. The summed E-state index contributed by atoms with van der Waals surface area (Å²) in [6, 6.07) is 18.2. The van der Waals surface area contributed by atoms with E-state index in [9.17, 15) is 9.59 Å². The number of halogens is 1. The van der Waals surface area contributed by atoms with Gasteiger partial charge in [0.15, 0.2) is 5.76 Å². The molecule has 0 aliphatic carbocycles. The summed E-state index contributed by atoms with van der Waals surface area (Å²) in [5.41, 5.74) is 2.85. The van der Waals surface area contributed by atoms with Gasteiger partial charge in [0.2, 0.25) is 5.91 Å². The van der Waals surface area contributed by atoms with E-state index in [1.165, 1.54) is 6.26 Å². The molecule has 1 N–H and O–H groups in total. The number of benzene rings is 2. The van der Waals surface area contributed by atoms with Crippen LogP contribution in [0.25, 0.3) is 0 Å². The van der Waals surface area contributed by atoms with Crippen LogP contribution in [0.5, 0.6) is 0 Å². The van der Waals surface area contributed by atoms with Gasteiger partial charge in [-0.15, -0.1) is 0 Å². The fourth-order valence-electron chi connectivity index (χ4n) is 3.27. The van der Waals surface area contributed by atoms with Gasteiger partial charge >= 0.3 is 0 Å². The molecular formula is C21H17IN2O3. The summed E-state index contributed by atoms with van der Waals surface area (Å²) >= 11 is 2.22. The lowest BCUT2D eigenvalue weighted by atomic mass is 9.93. The number of anilines is 1. The van der Waals surface area contributed by atoms with Crippen LogP contribution >= 0.6 is 22.6 Å². The molecular weight excluding hydrogens is 455 g/mol. The largest absolute Gasteiger partial charge is 0.459 e. The molecule has 0 radical (unpaired) electrons. The Morgan fingerprint density at radius 1 is 1.00 bits per heavy atom. The Bertz CT molecular complexity index is 967.